The highest BCUT2D eigenvalue weighted by Crippen LogP contribution is 2.17. The summed E-state index contributed by atoms with van der Waals surface area (Å²) in [5.74, 6) is -2.32. The number of carbonyl (C=O) groups is 2. The molecular weight excluding hydrogens is 259 g/mol. The molecule has 0 aliphatic heterocycles. The second-order valence-electron chi connectivity index (χ2n) is 3.32. The SMILES string of the molecule is CCCN(CC(F)(F)F)C(=O)CSCC(=O)O. The van der Waals surface area contributed by atoms with E-state index in [9.17, 15) is 22.8 Å². The van der Waals surface area contributed by atoms with Crippen LogP contribution < -0.4 is 0 Å². The van der Waals surface area contributed by atoms with Crippen LogP contribution in [0.15, 0.2) is 0 Å². The molecule has 0 rings (SSSR count). The molecule has 0 fully saturated rings. The van der Waals surface area contributed by atoms with Crippen LogP contribution in [0.1, 0.15) is 13.3 Å². The molecule has 0 radical (unpaired) electrons. The fraction of sp³-hybridized carbons (Fsp3) is 0.778. The minimum absolute atomic E-state index is 0.0198. The zero-order valence-electron chi connectivity index (χ0n) is 9.29. The average molecular weight is 273 g/mol. The summed E-state index contributed by atoms with van der Waals surface area (Å²) < 4.78 is 36.4. The number of amides is 1. The van der Waals surface area contributed by atoms with Gasteiger partial charge in [-0.3, -0.25) is 9.59 Å². The van der Waals surface area contributed by atoms with Gasteiger partial charge in [-0.15, -0.1) is 11.8 Å². The van der Waals surface area contributed by atoms with Crippen molar-refractivity contribution in [1.29, 1.82) is 0 Å². The van der Waals surface area contributed by atoms with Crippen molar-refractivity contribution >= 4 is 23.6 Å². The van der Waals surface area contributed by atoms with Crippen molar-refractivity contribution in [2.75, 3.05) is 24.6 Å². The molecule has 0 aromatic heterocycles. The molecule has 8 heteroatoms. The maximum atomic E-state index is 12.1. The zero-order chi connectivity index (χ0) is 13.5. The Morgan fingerprint density at radius 3 is 2.29 bits per heavy atom. The minimum atomic E-state index is -4.43. The lowest BCUT2D eigenvalue weighted by atomic mass is 10.4. The molecule has 0 atom stereocenters. The topological polar surface area (TPSA) is 57.6 Å². The number of alkyl halides is 3. The summed E-state index contributed by atoms with van der Waals surface area (Å²) >= 11 is 0.792. The maximum absolute atomic E-state index is 12.1. The van der Waals surface area contributed by atoms with E-state index < -0.39 is 24.6 Å². The third kappa shape index (κ3) is 8.84. The summed E-state index contributed by atoms with van der Waals surface area (Å²) in [7, 11) is 0. The summed E-state index contributed by atoms with van der Waals surface area (Å²) in [6.07, 6.45) is -4.01. The standard InChI is InChI=1S/C9H14F3NO3S/c1-2-3-13(6-9(10,11)12)7(14)4-17-5-8(15)16/h2-6H2,1H3,(H,15,16). The molecule has 0 bridgehead atoms. The Bertz CT molecular complexity index is 271. The Morgan fingerprint density at radius 2 is 1.88 bits per heavy atom. The van der Waals surface area contributed by atoms with Gasteiger partial charge >= 0.3 is 12.1 Å². The van der Waals surface area contributed by atoms with Crippen molar-refractivity contribution in [1.82, 2.24) is 4.90 Å². The van der Waals surface area contributed by atoms with Crippen LogP contribution in [0.4, 0.5) is 13.2 Å². The Labute approximate surface area is 101 Å². The van der Waals surface area contributed by atoms with Crippen LogP contribution in [0, 0.1) is 0 Å². The first kappa shape index (κ1) is 16.1. The molecule has 0 heterocycles. The van der Waals surface area contributed by atoms with E-state index in [4.69, 9.17) is 5.11 Å². The summed E-state index contributed by atoms with van der Waals surface area (Å²) in [5, 5.41) is 8.33. The number of carbonyl (C=O) groups excluding carboxylic acids is 1. The van der Waals surface area contributed by atoms with Crippen molar-refractivity contribution in [2.24, 2.45) is 0 Å². The van der Waals surface area contributed by atoms with Gasteiger partial charge in [0.2, 0.25) is 5.91 Å². The third-order valence-corrected chi connectivity index (χ3v) is 2.57. The molecule has 0 spiro atoms. The molecule has 0 unspecified atom stereocenters. The van der Waals surface area contributed by atoms with Crippen LogP contribution in [-0.4, -0.2) is 52.7 Å². The molecule has 17 heavy (non-hydrogen) atoms. The molecular formula is C9H14F3NO3S. The van der Waals surface area contributed by atoms with Gasteiger partial charge in [0.05, 0.1) is 11.5 Å². The fourth-order valence-electron chi connectivity index (χ4n) is 1.10. The van der Waals surface area contributed by atoms with Crippen molar-refractivity contribution < 1.29 is 27.9 Å². The fourth-order valence-corrected chi connectivity index (χ4v) is 1.73. The normalized spacial score (nSPS) is 11.3. The second kappa shape index (κ2) is 7.41. The van der Waals surface area contributed by atoms with E-state index in [-0.39, 0.29) is 18.1 Å². The number of hydrogen-bond acceptors (Lipinski definition) is 3. The van der Waals surface area contributed by atoms with Gasteiger partial charge in [0.1, 0.15) is 6.54 Å². The first-order chi connectivity index (χ1) is 7.76. The lowest BCUT2D eigenvalue weighted by Crippen LogP contribution is -2.40. The Kier molecular flexibility index (Phi) is 7.01. The Balaban J connectivity index is 4.19. The van der Waals surface area contributed by atoms with Crippen LogP contribution in [-0.2, 0) is 9.59 Å². The van der Waals surface area contributed by atoms with E-state index >= 15 is 0 Å². The van der Waals surface area contributed by atoms with E-state index in [2.05, 4.69) is 0 Å². The zero-order valence-corrected chi connectivity index (χ0v) is 10.1. The number of carboxylic acids is 1. The first-order valence-corrected chi connectivity index (χ1v) is 6.05. The summed E-state index contributed by atoms with van der Waals surface area (Å²) in [5.41, 5.74) is 0. The predicted molar refractivity (Wildman–Crippen MR) is 57.9 cm³/mol. The highest BCUT2D eigenvalue weighted by Gasteiger charge is 2.32. The molecule has 100 valence electrons. The van der Waals surface area contributed by atoms with E-state index in [0.29, 0.717) is 11.3 Å². The summed E-state index contributed by atoms with van der Waals surface area (Å²) in [6, 6.07) is 0. The summed E-state index contributed by atoms with van der Waals surface area (Å²) in [6.45, 7) is 0.403. The minimum Gasteiger partial charge on any atom is -0.481 e. The smallest absolute Gasteiger partial charge is 0.406 e. The van der Waals surface area contributed by atoms with Crippen LogP contribution in [0.25, 0.3) is 0 Å². The monoisotopic (exact) mass is 273 g/mol. The van der Waals surface area contributed by atoms with E-state index in [0.717, 1.165) is 11.8 Å². The third-order valence-electron chi connectivity index (χ3n) is 1.67. The van der Waals surface area contributed by atoms with Crippen LogP contribution in [0.3, 0.4) is 0 Å². The van der Waals surface area contributed by atoms with E-state index in [1.807, 2.05) is 0 Å². The molecule has 1 amide bonds. The van der Waals surface area contributed by atoms with Crippen molar-refractivity contribution in [2.45, 2.75) is 19.5 Å². The number of aliphatic carboxylic acids is 1. The van der Waals surface area contributed by atoms with Gasteiger partial charge in [0, 0.05) is 6.54 Å². The largest absolute Gasteiger partial charge is 0.481 e. The molecule has 0 aromatic rings. The van der Waals surface area contributed by atoms with Crippen molar-refractivity contribution in [3.05, 3.63) is 0 Å². The molecule has 4 nitrogen and oxygen atoms in total. The molecule has 0 saturated carbocycles. The molecule has 0 saturated heterocycles. The number of carboxylic acid groups (broad SMARTS) is 1. The lowest BCUT2D eigenvalue weighted by molar-refractivity contribution is -0.159. The van der Waals surface area contributed by atoms with Gasteiger partial charge in [-0.2, -0.15) is 13.2 Å². The second-order valence-corrected chi connectivity index (χ2v) is 4.30. The average Bonchev–Trinajstić information content (AvgIpc) is 2.14. The van der Waals surface area contributed by atoms with Gasteiger partial charge in [-0.05, 0) is 6.42 Å². The van der Waals surface area contributed by atoms with E-state index in [1.165, 1.54) is 0 Å². The molecule has 0 aliphatic rings. The molecule has 1 N–H and O–H groups in total. The van der Waals surface area contributed by atoms with Gasteiger partial charge in [-0.25, -0.2) is 0 Å². The lowest BCUT2D eigenvalue weighted by Gasteiger charge is -2.23. The van der Waals surface area contributed by atoms with Crippen molar-refractivity contribution in [3.63, 3.8) is 0 Å². The highest BCUT2D eigenvalue weighted by molar-refractivity contribution is 8.00. The number of rotatable bonds is 7. The first-order valence-electron chi connectivity index (χ1n) is 4.90. The van der Waals surface area contributed by atoms with Gasteiger partial charge in [0.15, 0.2) is 0 Å². The van der Waals surface area contributed by atoms with Gasteiger partial charge in [0.25, 0.3) is 0 Å². The van der Waals surface area contributed by atoms with Crippen molar-refractivity contribution in [3.8, 4) is 0 Å². The molecule has 0 aliphatic carbocycles. The Morgan fingerprint density at radius 1 is 1.29 bits per heavy atom. The van der Waals surface area contributed by atoms with Crippen LogP contribution in [0.5, 0.6) is 0 Å². The number of halogens is 3. The van der Waals surface area contributed by atoms with Crippen LogP contribution in [0.2, 0.25) is 0 Å². The van der Waals surface area contributed by atoms with Gasteiger partial charge in [-0.1, -0.05) is 6.92 Å². The number of hydrogen-bond donors (Lipinski definition) is 1. The van der Waals surface area contributed by atoms with Crippen LogP contribution >= 0.6 is 11.8 Å². The quantitative estimate of drug-likeness (QED) is 0.765. The molecule has 0 aromatic carbocycles. The maximum Gasteiger partial charge on any atom is 0.406 e. The number of thioether (sulfide) groups is 1. The van der Waals surface area contributed by atoms with E-state index in [1.54, 1.807) is 6.92 Å². The highest BCUT2D eigenvalue weighted by atomic mass is 32.2. The predicted octanol–water partition coefficient (Wildman–Crippen LogP) is 1.61. The number of nitrogens with zero attached hydrogens (tertiary/aromatic N) is 1. The Hall–Kier alpha value is -0.920. The summed E-state index contributed by atoms with van der Waals surface area (Å²) in [4.78, 5) is 22.3. The van der Waals surface area contributed by atoms with Gasteiger partial charge < -0.3 is 10.0 Å².